The Morgan fingerprint density at radius 1 is 1.54 bits per heavy atom. The summed E-state index contributed by atoms with van der Waals surface area (Å²) in [5.74, 6) is 0.0993. The van der Waals surface area contributed by atoms with Crippen LogP contribution >= 0.6 is 0 Å². The van der Waals surface area contributed by atoms with Crippen LogP contribution in [0.3, 0.4) is 0 Å². The van der Waals surface area contributed by atoms with E-state index in [1.54, 1.807) is 0 Å². The minimum atomic E-state index is 0.0993. The van der Waals surface area contributed by atoms with E-state index < -0.39 is 0 Å². The van der Waals surface area contributed by atoms with Crippen LogP contribution in [-0.4, -0.2) is 19.0 Å². The zero-order valence-electron chi connectivity index (χ0n) is 8.44. The van der Waals surface area contributed by atoms with E-state index in [2.05, 4.69) is 12.2 Å². The SMILES string of the molecule is CCC1(CNC(=O)CCN)CCC1. The van der Waals surface area contributed by atoms with Crippen molar-refractivity contribution < 1.29 is 4.79 Å². The number of hydrogen-bond donors (Lipinski definition) is 2. The Morgan fingerprint density at radius 3 is 2.62 bits per heavy atom. The van der Waals surface area contributed by atoms with Gasteiger partial charge in [-0.3, -0.25) is 4.79 Å². The molecule has 1 aliphatic rings. The second-order valence-corrected chi connectivity index (χ2v) is 4.02. The Balaban J connectivity index is 2.20. The quantitative estimate of drug-likeness (QED) is 0.670. The molecule has 13 heavy (non-hydrogen) atoms. The Bertz CT molecular complexity index is 170. The van der Waals surface area contributed by atoms with Gasteiger partial charge in [0.05, 0.1) is 0 Å². The van der Waals surface area contributed by atoms with Gasteiger partial charge in [-0.05, 0) is 24.7 Å². The van der Waals surface area contributed by atoms with E-state index in [9.17, 15) is 4.79 Å². The molecule has 0 saturated heterocycles. The third-order valence-electron chi connectivity index (χ3n) is 3.20. The Morgan fingerprint density at radius 2 is 2.23 bits per heavy atom. The van der Waals surface area contributed by atoms with Crippen LogP contribution in [0.5, 0.6) is 0 Å². The highest BCUT2D eigenvalue weighted by molar-refractivity contribution is 5.76. The Kier molecular flexibility index (Phi) is 3.72. The number of hydrogen-bond acceptors (Lipinski definition) is 2. The normalized spacial score (nSPS) is 19.2. The molecule has 0 aromatic rings. The van der Waals surface area contributed by atoms with Crippen LogP contribution in [0.25, 0.3) is 0 Å². The van der Waals surface area contributed by atoms with Crippen molar-refractivity contribution >= 4 is 5.91 Å². The maximum Gasteiger partial charge on any atom is 0.221 e. The molecule has 0 bridgehead atoms. The van der Waals surface area contributed by atoms with Crippen molar-refractivity contribution in [2.75, 3.05) is 13.1 Å². The van der Waals surface area contributed by atoms with Crippen molar-refractivity contribution in [3.63, 3.8) is 0 Å². The van der Waals surface area contributed by atoms with Crippen molar-refractivity contribution in [1.82, 2.24) is 5.32 Å². The van der Waals surface area contributed by atoms with Gasteiger partial charge in [0.2, 0.25) is 5.91 Å². The van der Waals surface area contributed by atoms with Crippen LogP contribution in [0.15, 0.2) is 0 Å². The molecule has 3 nitrogen and oxygen atoms in total. The summed E-state index contributed by atoms with van der Waals surface area (Å²) in [6.45, 7) is 3.50. The lowest BCUT2D eigenvalue weighted by atomic mass is 9.67. The maximum atomic E-state index is 11.2. The smallest absolute Gasteiger partial charge is 0.221 e. The Hall–Kier alpha value is -0.570. The molecule has 0 heterocycles. The van der Waals surface area contributed by atoms with Gasteiger partial charge in [-0.15, -0.1) is 0 Å². The lowest BCUT2D eigenvalue weighted by molar-refractivity contribution is -0.121. The monoisotopic (exact) mass is 184 g/mol. The molecule has 0 unspecified atom stereocenters. The third-order valence-corrected chi connectivity index (χ3v) is 3.20. The molecule has 1 saturated carbocycles. The summed E-state index contributed by atoms with van der Waals surface area (Å²) in [4.78, 5) is 11.2. The minimum absolute atomic E-state index is 0.0993. The standard InChI is InChI=1S/C10H20N2O/c1-2-10(5-3-6-10)8-12-9(13)4-7-11/h2-8,11H2,1H3,(H,12,13). The molecule has 1 amide bonds. The summed E-state index contributed by atoms with van der Waals surface area (Å²) in [6, 6.07) is 0. The number of nitrogens with two attached hydrogens (primary N) is 1. The summed E-state index contributed by atoms with van der Waals surface area (Å²) in [5, 5.41) is 2.96. The lowest BCUT2D eigenvalue weighted by Gasteiger charge is -2.41. The van der Waals surface area contributed by atoms with Crippen LogP contribution in [-0.2, 0) is 4.79 Å². The van der Waals surface area contributed by atoms with Crippen LogP contribution < -0.4 is 11.1 Å². The van der Waals surface area contributed by atoms with Gasteiger partial charge in [0.15, 0.2) is 0 Å². The summed E-state index contributed by atoms with van der Waals surface area (Å²) in [7, 11) is 0. The van der Waals surface area contributed by atoms with E-state index >= 15 is 0 Å². The average molecular weight is 184 g/mol. The molecule has 0 atom stereocenters. The highest BCUT2D eigenvalue weighted by Gasteiger charge is 2.34. The van der Waals surface area contributed by atoms with Crippen LogP contribution in [0.4, 0.5) is 0 Å². The predicted octanol–water partition coefficient (Wildman–Crippen LogP) is 1.03. The van der Waals surface area contributed by atoms with Crippen LogP contribution in [0.2, 0.25) is 0 Å². The van der Waals surface area contributed by atoms with Gasteiger partial charge < -0.3 is 11.1 Å². The van der Waals surface area contributed by atoms with Crippen molar-refractivity contribution in [2.24, 2.45) is 11.1 Å². The van der Waals surface area contributed by atoms with E-state index in [1.807, 2.05) is 0 Å². The van der Waals surface area contributed by atoms with E-state index in [4.69, 9.17) is 5.73 Å². The summed E-state index contributed by atoms with van der Waals surface area (Å²) < 4.78 is 0. The first-order valence-corrected chi connectivity index (χ1v) is 5.19. The highest BCUT2D eigenvalue weighted by atomic mass is 16.1. The zero-order chi connectivity index (χ0) is 9.73. The lowest BCUT2D eigenvalue weighted by Crippen LogP contribution is -2.42. The number of rotatable bonds is 5. The molecular weight excluding hydrogens is 164 g/mol. The molecular formula is C10H20N2O. The zero-order valence-corrected chi connectivity index (χ0v) is 8.44. The molecule has 0 aliphatic heterocycles. The average Bonchev–Trinajstić information content (AvgIpc) is 2.04. The second kappa shape index (κ2) is 4.61. The van der Waals surface area contributed by atoms with E-state index in [-0.39, 0.29) is 5.91 Å². The number of carbonyl (C=O) groups excluding carboxylic acids is 1. The molecule has 1 aliphatic carbocycles. The van der Waals surface area contributed by atoms with Crippen LogP contribution in [0.1, 0.15) is 39.0 Å². The fourth-order valence-corrected chi connectivity index (χ4v) is 1.84. The largest absolute Gasteiger partial charge is 0.356 e. The molecule has 1 fully saturated rings. The van der Waals surface area contributed by atoms with Gasteiger partial charge in [-0.2, -0.15) is 0 Å². The molecule has 0 spiro atoms. The van der Waals surface area contributed by atoms with Crippen molar-refractivity contribution in [2.45, 2.75) is 39.0 Å². The van der Waals surface area contributed by atoms with Crippen molar-refractivity contribution in [1.29, 1.82) is 0 Å². The Labute approximate surface area is 80.1 Å². The first-order chi connectivity index (χ1) is 6.22. The van der Waals surface area contributed by atoms with Crippen molar-refractivity contribution in [3.05, 3.63) is 0 Å². The summed E-state index contributed by atoms with van der Waals surface area (Å²) in [6.07, 6.45) is 5.50. The van der Waals surface area contributed by atoms with Gasteiger partial charge in [0, 0.05) is 19.5 Å². The number of nitrogens with one attached hydrogen (secondary N) is 1. The summed E-state index contributed by atoms with van der Waals surface area (Å²) >= 11 is 0. The third kappa shape index (κ3) is 2.69. The predicted molar refractivity (Wildman–Crippen MR) is 53.3 cm³/mol. The van der Waals surface area contributed by atoms with Gasteiger partial charge in [-0.1, -0.05) is 13.3 Å². The molecule has 3 heteroatoms. The first kappa shape index (κ1) is 10.5. The molecule has 0 aromatic heterocycles. The van der Waals surface area contributed by atoms with Crippen molar-refractivity contribution in [3.8, 4) is 0 Å². The fraction of sp³-hybridized carbons (Fsp3) is 0.900. The van der Waals surface area contributed by atoms with E-state index in [0.717, 1.165) is 6.54 Å². The molecule has 76 valence electrons. The van der Waals surface area contributed by atoms with Gasteiger partial charge in [0.25, 0.3) is 0 Å². The number of carbonyl (C=O) groups is 1. The van der Waals surface area contributed by atoms with E-state index in [1.165, 1.54) is 25.7 Å². The topological polar surface area (TPSA) is 55.1 Å². The van der Waals surface area contributed by atoms with E-state index in [0.29, 0.717) is 18.4 Å². The first-order valence-electron chi connectivity index (χ1n) is 5.19. The summed E-state index contributed by atoms with van der Waals surface area (Å²) in [5.41, 5.74) is 5.71. The van der Waals surface area contributed by atoms with Gasteiger partial charge in [-0.25, -0.2) is 0 Å². The van der Waals surface area contributed by atoms with Crippen LogP contribution in [0, 0.1) is 5.41 Å². The molecule has 1 rings (SSSR count). The maximum absolute atomic E-state index is 11.2. The molecule has 0 radical (unpaired) electrons. The fourth-order valence-electron chi connectivity index (χ4n) is 1.84. The second-order valence-electron chi connectivity index (χ2n) is 4.02. The molecule has 0 aromatic carbocycles. The highest BCUT2D eigenvalue weighted by Crippen LogP contribution is 2.42. The van der Waals surface area contributed by atoms with Gasteiger partial charge >= 0.3 is 0 Å². The number of amides is 1. The van der Waals surface area contributed by atoms with Gasteiger partial charge in [0.1, 0.15) is 0 Å². The molecule has 3 N–H and O–H groups in total. The minimum Gasteiger partial charge on any atom is -0.356 e.